The van der Waals surface area contributed by atoms with Crippen LogP contribution in [0.1, 0.15) is 40.0 Å². The molecule has 0 atom stereocenters. The first kappa shape index (κ1) is 17.7. The number of halogens is 1. The van der Waals surface area contributed by atoms with E-state index in [-0.39, 0.29) is 5.91 Å². The van der Waals surface area contributed by atoms with Crippen molar-refractivity contribution in [3.05, 3.63) is 76.2 Å². The van der Waals surface area contributed by atoms with E-state index in [0.29, 0.717) is 16.3 Å². The fourth-order valence-corrected chi connectivity index (χ4v) is 3.75. The molecule has 4 nitrogen and oxygen atoms in total. The highest BCUT2D eigenvalue weighted by atomic mass is 35.5. The molecule has 5 heteroatoms. The van der Waals surface area contributed by atoms with Crippen LogP contribution in [0, 0.1) is 6.92 Å². The summed E-state index contributed by atoms with van der Waals surface area (Å²) >= 11 is 6.18. The van der Waals surface area contributed by atoms with Gasteiger partial charge in [0.05, 0.1) is 5.69 Å². The van der Waals surface area contributed by atoms with E-state index in [1.54, 1.807) is 6.33 Å². The topological polar surface area (TPSA) is 54.9 Å². The maximum atomic E-state index is 13.0. The number of hydrogen-bond donors (Lipinski definition) is 1. The predicted molar refractivity (Wildman–Crippen MR) is 108 cm³/mol. The van der Waals surface area contributed by atoms with Gasteiger partial charge in [-0.1, -0.05) is 35.9 Å². The molecule has 27 heavy (non-hydrogen) atoms. The Morgan fingerprint density at radius 3 is 2.74 bits per heavy atom. The van der Waals surface area contributed by atoms with Gasteiger partial charge in [-0.05, 0) is 56.4 Å². The molecule has 136 valence electrons. The molecule has 1 N–H and O–H groups in total. The third kappa shape index (κ3) is 3.45. The second kappa shape index (κ2) is 7.49. The highest BCUT2D eigenvalue weighted by Gasteiger charge is 2.21. The van der Waals surface area contributed by atoms with Crippen molar-refractivity contribution in [1.29, 1.82) is 0 Å². The first-order valence-electron chi connectivity index (χ1n) is 9.14. The number of benzene rings is 2. The van der Waals surface area contributed by atoms with Crippen molar-refractivity contribution in [2.24, 2.45) is 0 Å². The minimum absolute atomic E-state index is 0.167. The van der Waals surface area contributed by atoms with Crippen LogP contribution in [0.5, 0.6) is 0 Å². The van der Waals surface area contributed by atoms with Crippen molar-refractivity contribution in [2.75, 3.05) is 5.32 Å². The van der Waals surface area contributed by atoms with Gasteiger partial charge in [-0.25, -0.2) is 9.97 Å². The number of nitrogens with one attached hydrogen (secondary N) is 1. The van der Waals surface area contributed by atoms with E-state index in [9.17, 15) is 4.79 Å². The summed E-state index contributed by atoms with van der Waals surface area (Å²) in [5.41, 5.74) is 6.15. The molecule has 0 fully saturated rings. The first-order valence-corrected chi connectivity index (χ1v) is 9.51. The first-order chi connectivity index (χ1) is 13.1. The van der Waals surface area contributed by atoms with Crippen molar-refractivity contribution >= 4 is 23.2 Å². The maximum Gasteiger partial charge on any atom is 0.256 e. The summed E-state index contributed by atoms with van der Waals surface area (Å²) < 4.78 is 0. The molecule has 1 aromatic heterocycles. The molecular weight excluding hydrogens is 358 g/mol. The lowest BCUT2D eigenvalue weighted by molar-refractivity contribution is 0.102. The van der Waals surface area contributed by atoms with E-state index in [0.717, 1.165) is 48.2 Å². The second-order valence-electron chi connectivity index (χ2n) is 6.77. The lowest BCUT2D eigenvalue weighted by Gasteiger charge is -2.19. The van der Waals surface area contributed by atoms with E-state index >= 15 is 0 Å². The number of rotatable bonds is 3. The van der Waals surface area contributed by atoms with Crippen LogP contribution >= 0.6 is 11.6 Å². The molecule has 1 aliphatic carbocycles. The second-order valence-corrected chi connectivity index (χ2v) is 7.17. The Morgan fingerprint density at radius 1 is 1.04 bits per heavy atom. The largest absolute Gasteiger partial charge is 0.322 e. The van der Waals surface area contributed by atoms with Crippen LogP contribution in [0.25, 0.3) is 11.3 Å². The Hall–Kier alpha value is -2.72. The Kier molecular flexibility index (Phi) is 4.90. The van der Waals surface area contributed by atoms with E-state index in [4.69, 9.17) is 11.6 Å². The molecule has 0 saturated carbocycles. The quantitative estimate of drug-likeness (QED) is 0.679. The van der Waals surface area contributed by atoms with Crippen LogP contribution in [0.15, 0.2) is 48.8 Å². The average Bonchev–Trinajstić information content (AvgIpc) is 2.71. The van der Waals surface area contributed by atoms with E-state index in [1.165, 1.54) is 5.56 Å². The van der Waals surface area contributed by atoms with Crippen molar-refractivity contribution in [3.8, 4) is 11.3 Å². The molecule has 0 unspecified atom stereocenters. The van der Waals surface area contributed by atoms with E-state index < -0.39 is 0 Å². The third-order valence-corrected chi connectivity index (χ3v) is 5.48. The van der Waals surface area contributed by atoms with Gasteiger partial charge in [0.2, 0.25) is 0 Å². The summed E-state index contributed by atoms with van der Waals surface area (Å²) in [6.45, 7) is 1.89. The molecule has 1 amide bonds. The number of nitrogens with zero attached hydrogens (tertiary/aromatic N) is 2. The summed E-state index contributed by atoms with van der Waals surface area (Å²) in [7, 11) is 0. The Bertz CT molecular complexity index is 1020. The van der Waals surface area contributed by atoms with Crippen LogP contribution in [-0.4, -0.2) is 15.9 Å². The number of fused-ring (bicyclic) bond motifs is 1. The summed E-state index contributed by atoms with van der Waals surface area (Å²) in [4.78, 5) is 22.0. The van der Waals surface area contributed by atoms with Gasteiger partial charge in [-0.2, -0.15) is 0 Å². The van der Waals surface area contributed by atoms with Gasteiger partial charge in [-0.3, -0.25) is 4.79 Å². The van der Waals surface area contributed by atoms with Crippen LogP contribution in [-0.2, 0) is 12.8 Å². The van der Waals surface area contributed by atoms with Crippen molar-refractivity contribution in [2.45, 2.75) is 32.6 Å². The van der Waals surface area contributed by atoms with Gasteiger partial charge < -0.3 is 5.32 Å². The molecule has 0 bridgehead atoms. The molecule has 0 saturated heterocycles. The predicted octanol–water partition coefficient (Wildman–Crippen LogP) is 5.24. The maximum absolute atomic E-state index is 13.0. The molecule has 0 radical (unpaired) electrons. The molecule has 0 aliphatic heterocycles. The zero-order chi connectivity index (χ0) is 18.8. The molecular formula is C22H20ClN3O. The Morgan fingerprint density at radius 2 is 1.85 bits per heavy atom. The van der Waals surface area contributed by atoms with Crippen LogP contribution in [0.3, 0.4) is 0 Å². The van der Waals surface area contributed by atoms with Gasteiger partial charge in [0.15, 0.2) is 0 Å². The summed E-state index contributed by atoms with van der Waals surface area (Å²) in [5.74, 6) is -0.167. The van der Waals surface area contributed by atoms with Crippen molar-refractivity contribution in [3.63, 3.8) is 0 Å². The number of aryl methyl sites for hydroxylation is 1. The van der Waals surface area contributed by atoms with Crippen LogP contribution in [0.2, 0.25) is 5.02 Å². The molecule has 2 aromatic carbocycles. The minimum atomic E-state index is -0.167. The number of hydrogen-bond acceptors (Lipinski definition) is 3. The summed E-state index contributed by atoms with van der Waals surface area (Å²) in [6.07, 6.45) is 5.81. The normalized spacial score (nSPS) is 13.1. The highest BCUT2D eigenvalue weighted by Crippen LogP contribution is 2.31. The summed E-state index contributed by atoms with van der Waals surface area (Å²) in [5, 5.41) is 3.62. The molecule has 1 heterocycles. The van der Waals surface area contributed by atoms with Gasteiger partial charge in [0.25, 0.3) is 5.91 Å². The molecule has 4 rings (SSSR count). The van der Waals surface area contributed by atoms with Gasteiger partial charge >= 0.3 is 0 Å². The van der Waals surface area contributed by atoms with Crippen LogP contribution < -0.4 is 5.32 Å². The zero-order valence-electron chi connectivity index (χ0n) is 15.1. The molecule has 0 spiro atoms. The number of anilines is 1. The number of aromatic nitrogens is 2. The van der Waals surface area contributed by atoms with Crippen LogP contribution in [0.4, 0.5) is 5.69 Å². The SMILES string of the molecule is Cc1c(Cl)cccc1NC(=O)c1ccccc1-c1ncnc2c1CCCC2. The smallest absolute Gasteiger partial charge is 0.256 e. The number of carbonyl (C=O) groups excluding carboxylic acids is 1. The number of carbonyl (C=O) groups is 1. The van der Waals surface area contributed by atoms with E-state index in [2.05, 4.69) is 15.3 Å². The minimum Gasteiger partial charge on any atom is -0.322 e. The zero-order valence-corrected chi connectivity index (χ0v) is 15.9. The highest BCUT2D eigenvalue weighted by molar-refractivity contribution is 6.31. The third-order valence-electron chi connectivity index (χ3n) is 5.07. The Labute approximate surface area is 163 Å². The van der Waals surface area contributed by atoms with Gasteiger partial charge in [0.1, 0.15) is 6.33 Å². The van der Waals surface area contributed by atoms with Gasteiger partial charge in [0, 0.05) is 33.1 Å². The monoisotopic (exact) mass is 377 g/mol. The summed E-state index contributed by atoms with van der Waals surface area (Å²) in [6, 6.07) is 13.1. The lowest BCUT2D eigenvalue weighted by atomic mass is 9.91. The van der Waals surface area contributed by atoms with Gasteiger partial charge in [-0.15, -0.1) is 0 Å². The fourth-order valence-electron chi connectivity index (χ4n) is 3.57. The van der Waals surface area contributed by atoms with Crippen molar-refractivity contribution in [1.82, 2.24) is 9.97 Å². The average molecular weight is 378 g/mol. The lowest BCUT2D eigenvalue weighted by Crippen LogP contribution is -2.15. The standard InChI is InChI=1S/C22H20ClN3O/c1-14-18(23)10-6-12-19(14)26-22(27)16-8-3-2-7-15(16)21-17-9-4-5-11-20(17)24-13-25-21/h2-3,6-8,10,12-13H,4-5,9,11H2,1H3,(H,26,27). The fraction of sp³-hybridized carbons (Fsp3) is 0.227. The number of amides is 1. The van der Waals surface area contributed by atoms with E-state index in [1.807, 2.05) is 49.4 Å². The molecule has 1 aliphatic rings. The molecule has 3 aromatic rings. The van der Waals surface area contributed by atoms with Crippen molar-refractivity contribution < 1.29 is 4.79 Å². The Balaban J connectivity index is 1.74.